The predicted molar refractivity (Wildman–Crippen MR) is 62.5 cm³/mol. The van der Waals surface area contributed by atoms with Crippen molar-refractivity contribution in [2.24, 2.45) is 0 Å². The lowest BCUT2D eigenvalue weighted by Crippen LogP contribution is -2.25. The van der Waals surface area contributed by atoms with Crippen LogP contribution in [0.15, 0.2) is 0 Å². The molecular formula is C9H16N4O2S. The molecule has 1 fully saturated rings. The van der Waals surface area contributed by atoms with Gasteiger partial charge in [0.25, 0.3) is 0 Å². The number of hydrogen-bond acceptors (Lipinski definition) is 4. The van der Waals surface area contributed by atoms with E-state index in [0.29, 0.717) is 11.4 Å². The van der Waals surface area contributed by atoms with Crippen LogP contribution in [0.3, 0.4) is 0 Å². The molecule has 1 saturated carbocycles. The molecule has 7 heteroatoms. The van der Waals surface area contributed by atoms with E-state index >= 15 is 0 Å². The number of rotatable bonds is 3. The Kier molecular flexibility index (Phi) is 2.79. The summed E-state index contributed by atoms with van der Waals surface area (Å²) in [7, 11) is -3.33. The Morgan fingerprint density at radius 2 is 2.06 bits per heavy atom. The molecule has 0 atom stereocenters. The van der Waals surface area contributed by atoms with Gasteiger partial charge < -0.3 is 5.73 Å². The van der Waals surface area contributed by atoms with E-state index in [9.17, 15) is 8.42 Å². The average Bonchev–Trinajstić information content (AvgIpc) is 2.83. The van der Waals surface area contributed by atoms with E-state index in [-0.39, 0.29) is 11.1 Å². The van der Waals surface area contributed by atoms with Crippen LogP contribution in [-0.4, -0.2) is 23.9 Å². The molecule has 0 bridgehead atoms. The molecule has 0 radical (unpaired) electrons. The maximum absolute atomic E-state index is 11.9. The first-order chi connectivity index (χ1) is 7.50. The average molecular weight is 244 g/mol. The number of hydrogen-bond donors (Lipinski definition) is 3. The molecule has 1 aromatic heterocycles. The normalized spacial score (nSPS) is 17.8. The molecular weight excluding hydrogens is 228 g/mol. The van der Waals surface area contributed by atoms with Gasteiger partial charge in [0.1, 0.15) is 0 Å². The molecule has 0 unspecified atom stereocenters. The third kappa shape index (κ3) is 1.99. The molecule has 1 heterocycles. The third-order valence-electron chi connectivity index (χ3n) is 2.97. The van der Waals surface area contributed by atoms with E-state index in [1.165, 1.54) is 0 Å². The highest BCUT2D eigenvalue weighted by atomic mass is 32.2. The summed E-state index contributed by atoms with van der Waals surface area (Å²) in [4.78, 5) is 0. The topological polar surface area (TPSA) is 101 Å². The molecule has 1 aliphatic carbocycles. The number of nitrogens with two attached hydrogens (primary N) is 1. The largest absolute Gasteiger partial charge is 0.394 e. The first-order valence-corrected chi connectivity index (χ1v) is 6.87. The maximum atomic E-state index is 11.9. The molecule has 90 valence electrons. The number of anilines is 2. The van der Waals surface area contributed by atoms with Gasteiger partial charge in [-0.2, -0.15) is 5.10 Å². The lowest BCUT2D eigenvalue weighted by molar-refractivity contribution is 0.585. The van der Waals surface area contributed by atoms with Crippen molar-refractivity contribution in [1.29, 1.82) is 0 Å². The number of sulfonamides is 1. The van der Waals surface area contributed by atoms with Crippen LogP contribution in [0.4, 0.5) is 11.5 Å². The summed E-state index contributed by atoms with van der Waals surface area (Å²) < 4.78 is 26.3. The van der Waals surface area contributed by atoms with Crippen LogP contribution < -0.4 is 10.5 Å². The number of nitrogen functional groups attached to an aromatic ring is 1. The van der Waals surface area contributed by atoms with Gasteiger partial charge in [-0.1, -0.05) is 12.8 Å². The van der Waals surface area contributed by atoms with Crippen LogP contribution in [0.5, 0.6) is 0 Å². The summed E-state index contributed by atoms with van der Waals surface area (Å²) in [6.07, 6.45) is 3.39. The fourth-order valence-electron chi connectivity index (χ4n) is 1.93. The minimum absolute atomic E-state index is 0.212. The summed E-state index contributed by atoms with van der Waals surface area (Å²) in [5.74, 6) is 0.212. The number of aryl methyl sites for hydroxylation is 1. The number of nitrogens with one attached hydrogen (secondary N) is 2. The molecule has 0 aliphatic heterocycles. The molecule has 0 aromatic carbocycles. The Morgan fingerprint density at radius 1 is 1.44 bits per heavy atom. The van der Waals surface area contributed by atoms with Crippen molar-refractivity contribution in [2.75, 3.05) is 10.5 Å². The zero-order valence-electron chi connectivity index (χ0n) is 9.16. The standard InChI is InChI=1S/C9H16N4O2S/c1-6-8(10)9(12-11-6)13-16(14,15)7-4-2-3-5-7/h7H,2-5,10H2,1H3,(H2,11,12,13). The summed E-state index contributed by atoms with van der Waals surface area (Å²) in [5, 5.41) is 6.18. The minimum Gasteiger partial charge on any atom is -0.394 e. The van der Waals surface area contributed by atoms with Gasteiger partial charge in [-0.15, -0.1) is 0 Å². The second-order valence-electron chi connectivity index (χ2n) is 4.16. The monoisotopic (exact) mass is 244 g/mol. The molecule has 4 N–H and O–H groups in total. The second-order valence-corrected chi connectivity index (χ2v) is 6.13. The van der Waals surface area contributed by atoms with Crippen LogP contribution >= 0.6 is 0 Å². The van der Waals surface area contributed by atoms with Crippen molar-refractivity contribution < 1.29 is 8.42 Å². The van der Waals surface area contributed by atoms with Gasteiger partial charge in [-0.05, 0) is 19.8 Å². The van der Waals surface area contributed by atoms with Gasteiger partial charge in [-0.25, -0.2) is 8.42 Å². The fourth-order valence-corrected chi connectivity index (χ4v) is 3.48. The Labute approximate surface area is 94.7 Å². The Balaban J connectivity index is 2.17. The smallest absolute Gasteiger partial charge is 0.236 e. The van der Waals surface area contributed by atoms with E-state index in [0.717, 1.165) is 25.7 Å². The number of aromatic nitrogens is 2. The van der Waals surface area contributed by atoms with E-state index in [2.05, 4.69) is 14.9 Å². The maximum Gasteiger partial charge on any atom is 0.236 e. The van der Waals surface area contributed by atoms with Gasteiger partial charge in [0.2, 0.25) is 10.0 Å². The van der Waals surface area contributed by atoms with Crippen LogP contribution in [0.2, 0.25) is 0 Å². The summed E-state index contributed by atoms with van der Waals surface area (Å²) in [5.41, 5.74) is 6.72. The number of nitrogens with zero attached hydrogens (tertiary/aromatic N) is 1. The van der Waals surface area contributed by atoms with Gasteiger partial charge in [0, 0.05) is 0 Å². The molecule has 1 aliphatic rings. The number of aromatic amines is 1. The molecule has 2 rings (SSSR count). The Bertz CT molecular complexity index is 474. The second kappa shape index (κ2) is 3.97. The molecule has 16 heavy (non-hydrogen) atoms. The SMILES string of the molecule is Cc1[nH]nc(NS(=O)(=O)C2CCCC2)c1N. The van der Waals surface area contributed by atoms with E-state index in [1.807, 2.05) is 0 Å². The summed E-state index contributed by atoms with van der Waals surface area (Å²) >= 11 is 0. The molecule has 0 spiro atoms. The van der Waals surface area contributed by atoms with Crippen LogP contribution in [0.1, 0.15) is 31.4 Å². The highest BCUT2D eigenvalue weighted by Gasteiger charge is 2.29. The fraction of sp³-hybridized carbons (Fsp3) is 0.667. The third-order valence-corrected chi connectivity index (χ3v) is 4.80. The van der Waals surface area contributed by atoms with E-state index in [4.69, 9.17) is 5.73 Å². The lowest BCUT2D eigenvalue weighted by Gasteiger charge is -2.11. The zero-order chi connectivity index (χ0) is 11.8. The zero-order valence-corrected chi connectivity index (χ0v) is 9.97. The van der Waals surface area contributed by atoms with E-state index < -0.39 is 10.0 Å². The first-order valence-electron chi connectivity index (χ1n) is 5.33. The van der Waals surface area contributed by atoms with E-state index in [1.54, 1.807) is 6.92 Å². The predicted octanol–water partition coefficient (Wildman–Crippen LogP) is 0.985. The van der Waals surface area contributed by atoms with Gasteiger partial charge in [0.15, 0.2) is 5.82 Å². The van der Waals surface area contributed by atoms with Crippen molar-refractivity contribution in [3.63, 3.8) is 0 Å². The van der Waals surface area contributed by atoms with Crippen molar-refractivity contribution in [1.82, 2.24) is 10.2 Å². The van der Waals surface area contributed by atoms with Gasteiger partial charge in [0.05, 0.1) is 16.6 Å². The lowest BCUT2D eigenvalue weighted by atomic mass is 10.4. The Morgan fingerprint density at radius 3 is 2.56 bits per heavy atom. The van der Waals surface area contributed by atoms with Crippen LogP contribution in [-0.2, 0) is 10.0 Å². The summed E-state index contributed by atoms with van der Waals surface area (Å²) in [6, 6.07) is 0. The highest BCUT2D eigenvalue weighted by molar-refractivity contribution is 7.93. The van der Waals surface area contributed by atoms with Crippen molar-refractivity contribution >= 4 is 21.5 Å². The molecule has 6 nitrogen and oxygen atoms in total. The van der Waals surface area contributed by atoms with Gasteiger partial charge >= 0.3 is 0 Å². The number of H-pyrrole nitrogens is 1. The quantitative estimate of drug-likeness (QED) is 0.737. The highest BCUT2D eigenvalue weighted by Crippen LogP contribution is 2.27. The minimum atomic E-state index is -3.33. The van der Waals surface area contributed by atoms with Crippen LogP contribution in [0.25, 0.3) is 0 Å². The summed E-state index contributed by atoms with van der Waals surface area (Å²) in [6.45, 7) is 1.75. The Hall–Kier alpha value is -1.24. The van der Waals surface area contributed by atoms with Crippen molar-refractivity contribution in [3.05, 3.63) is 5.69 Å². The molecule has 0 saturated heterocycles. The molecule has 0 amide bonds. The van der Waals surface area contributed by atoms with Gasteiger partial charge in [-0.3, -0.25) is 9.82 Å². The van der Waals surface area contributed by atoms with Crippen molar-refractivity contribution in [2.45, 2.75) is 37.9 Å². The van der Waals surface area contributed by atoms with Crippen LogP contribution in [0, 0.1) is 6.92 Å². The first kappa shape index (κ1) is 11.3. The van der Waals surface area contributed by atoms with Crippen molar-refractivity contribution in [3.8, 4) is 0 Å². The molecule has 1 aromatic rings.